The van der Waals surface area contributed by atoms with Gasteiger partial charge in [0.1, 0.15) is 11.5 Å². The highest BCUT2D eigenvalue weighted by molar-refractivity contribution is 5.76. The molecule has 0 spiro atoms. The summed E-state index contributed by atoms with van der Waals surface area (Å²) in [6, 6.07) is 2.26. The minimum atomic E-state index is -4.51. The molecule has 0 saturated heterocycles. The Morgan fingerprint density at radius 3 is 2.65 bits per heavy atom. The lowest BCUT2D eigenvalue weighted by Gasteiger charge is -2.09. The lowest BCUT2D eigenvalue weighted by Crippen LogP contribution is -2.23. The van der Waals surface area contributed by atoms with E-state index in [-0.39, 0.29) is 17.6 Å². The first-order valence-corrected chi connectivity index (χ1v) is 9.56. The summed E-state index contributed by atoms with van der Waals surface area (Å²) >= 11 is 0. The van der Waals surface area contributed by atoms with Crippen LogP contribution in [0.5, 0.6) is 0 Å². The van der Waals surface area contributed by atoms with E-state index >= 15 is 0 Å². The van der Waals surface area contributed by atoms with Gasteiger partial charge in [-0.15, -0.1) is 0 Å². The molecular weight excluding hydrogens is 415 g/mol. The van der Waals surface area contributed by atoms with Gasteiger partial charge in [-0.05, 0) is 18.1 Å². The van der Waals surface area contributed by atoms with Crippen LogP contribution in [0, 0.1) is 0 Å². The Morgan fingerprint density at radius 2 is 1.97 bits per heavy atom. The van der Waals surface area contributed by atoms with E-state index in [4.69, 9.17) is 0 Å². The molecule has 4 aromatic rings. The van der Waals surface area contributed by atoms with Crippen molar-refractivity contribution in [1.82, 2.24) is 34.7 Å². The minimum Gasteiger partial charge on any atom is -0.318 e. The number of nitrogens with zero attached hydrogens (tertiary/aromatic N) is 4. The van der Waals surface area contributed by atoms with Gasteiger partial charge < -0.3 is 4.57 Å². The third-order valence-electron chi connectivity index (χ3n) is 4.82. The maximum Gasteiger partial charge on any atom is 0.433 e. The van der Waals surface area contributed by atoms with E-state index in [1.807, 2.05) is 6.92 Å². The van der Waals surface area contributed by atoms with Gasteiger partial charge in [0.25, 0.3) is 5.56 Å². The number of aromatic nitrogens is 7. The maximum absolute atomic E-state index is 12.7. The molecule has 0 amide bonds. The molecule has 4 rings (SSSR count). The van der Waals surface area contributed by atoms with E-state index in [9.17, 15) is 22.8 Å². The summed E-state index contributed by atoms with van der Waals surface area (Å²) in [5.41, 5.74) is -0.152. The van der Waals surface area contributed by atoms with Crippen LogP contribution in [0.4, 0.5) is 13.2 Å². The maximum atomic E-state index is 12.7. The first-order chi connectivity index (χ1) is 14.8. The van der Waals surface area contributed by atoms with Crippen LogP contribution in [0.15, 0.2) is 34.1 Å². The van der Waals surface area contributed by atoms with Crippen molar-refractivity contribution >= 4 is 11.2 Å². The summed E-state index contributed by atoms with van der Waals surface area (Å²) in [4.78, 5) is 36.7. The molecule has 0 atom stereocenters. The highest BCUT2D eigenvalue weighted by atomic mass is 19.4. The number of fused-ring (bicyclic) bond motifs is 1. The second-order valence-corrected chi connectivity index (χ2v) is 7.02. The molecule has 4 aromatic heterocycles. The zero-order chi connectivity index (χ0) is 22.2. The number of aryl methyl sites for hydroxylation is 1. The van der Waals surface area contributed by atoms with E-state index < -0.39 is 23.1 Å². The molecule has 3 N–H and O–H groups in total. The number of pyridine rings is 1. The Kier molecular flexibility index (Phi) is 5.21. The first kappa shape index (κ1) is 20.6. The predicted octanol–water partition coefficient (Wildman–Crippen LogP) is 2.61. The topological polar surface area (TPSA) is 125 Å². The lowest BCUT2D eigenvalue weighted by molar-refractivity contribution is -0.141. The highest BCUT2D eigenvalue weighted by Crippen LogP contribution is 2.29. The summed E-state index contributed by atoms with van der Waals surface area (Å²) in [5.74, 6) is 0.430. The van der Waals surface area contributed by atoms with Crippen LogP contribution in [0.2, 0.25) is 0 Å². The molecule has 0 aromatic carbocycles. The van der Waals surface area contributed by atoms with Crippen LogP contribution >= 0.6 is 0 Å². The van der Waals surface area contributed by atoms with E-state index in [2.05, 4.69) is 30.1 Å². The molecule has 0 bridgehead atoms. The van der Waals surface area contributed by atoms with Crippen LogP contribution in [0.25, 0.3) is 22.6 Å². The third kappa shape index (κ3) is 4.00. The van der Waals surface area contributed by atoms with Gasteiger partial charge in [-0.2, -0.15) is 18.3 Å². The lowest BCUT2D eigenvalue weighted by atomic mass is 10.1. The monoisotopic (exact) mass is 433 g/mol. The zero-order valence-corrected chi connectivity index (χ0v) is 16.4. The molecule has 162 valence electrons. The number of unbranched alkanes of at least 4 members (excludes halogenated alkanes) is 1. The molecule has 0 radical (unpaired) electrons. The largest absolute Gasteiger partial charge is 0.433 e. The van der Waals surface area contributed by atoms with Crippen molar-refractivity contribution < 1.29 is 13.2 Å². The molecule has 0 unspecified atom stereocenters. The Morgan fingerprint density at radius 1 is 1.16 bits per heavy atom. The van der Waals surface area contributed by atoms with Gasteiger partial charge in [0.15, 0.2) is 11.2 Å². The Balaban J connectivity index is 1.76. The van der Waals surface area contributed by atoms with Gasteiger partial charge in [0, 0.05) is 25.4 Å². The van der Waals surface area contributed by atoms with Crippen molar-refractivity contribution in [3.63, 3.8) is 0 Å². The molecule has 4 heterocycles. The molecule has 9 nitrogen and oxygen atoms in total. The molecule has 0 saturated carbocycles. The summed E-state index contributed by atoms with van der Waals surface area (Å²) in [6.07, 6.45) is 0.0905. The van der Waals surface area contributed by atoms with Crippen molar-refractivity contribution in [3.8, 4) is 11.4 Å². The number of nitrogens with one attached hydrogen (secondary N) is 3. The van der Waals surface area contributed by atoms with E-state index in [1.54, 1.807) is 10.8 Å². The Labute approximate surface area is 172 Å². The summed E-state index contributed by atoms with van der Waals surface area (Å²) in [7, 11) is 0. The minimum absolute atomic E-state index is 0.156. The summed E-state index contributed by atoms with van der Waals surface area (Å²) in [5, 5.41) is 6.95. The summed E-state index contributed by atoms with van der Waals surface area (Å²) < 4.78 is 40.0. The summed E-state index contributed by atoms with van der Waals surface area (Å²) in [6.45, 7) is 2.50. The molecule has 12 heteroatoms. The zero-order valence-electron chi connectivity index (χ0n) is 16.4. The Bertz CT molecular complexity index is 1330. The number of rotatable bonds is 6. The number of hydrogen-bond acceptors (Lipinski definition) is 5. The van der Waals surface area contributed by atoms with Gasteiger partial charge in [0.2, 0.25) is 0 Å². The van der Waals surface area contributed by atoms with Crippen LogP contribution in [-0.2, 0) is 19.1 Å². The quantitative estimate of drug-likeness (QED) is 0.431. The van der Waals surface area contributed by atoms with Gasteiger partial charge >= 0.3 is 11.9 Å². The van der Waals surface area contributed by atoms with Crippen LogP contribution in [-0.4, -0.2) is 34.7 Å². The van der Waals surface area contributed by atoms with Gasteiger partial charge in [-0.1, -0.05) is 19.4 Å². The SMILES string of the molecule is CCCCn1c(-c2c[nH]nc2Cc2ccc(C(F)(F)F)nc2)nc2[nH]c(=O)[nH]c(=O)c21. The second kappa shape index (κ2) is 7.85. The van der Waals surface area contributed by atoms with Gasteiger partial charge in [-0.3, -0.25) is 24.8 Å². The fourth-order valence-corrected chi connectivity index (χ4v) is 3.35. The first-order valence-electron chi connectivity index (χ1n) is 9.56. The molecule has 0 fully saturated rings. The van der Waals surface area contributed by atoms with Crippen LogP contribution in [0.3, 0.4) is 0 Å². The number of imidazole rings is 1. The highest BCUT2D eigenvalue weighted by Gasteiger charge is 2.32. The molecular formula is C19H18F3N7O2. The smallest absolute Gasteiger partial charge is 0.318 e. The molecule has 0 aliphatic heterocycles. The van der Waals surface area contributed by atoms with Crippen molar-refractivity contribution in [1.29, 1.82) is 0 Å². The van der Waals surface area contributed by atoms with Gasteiger partial charge in [0.05, 0.1) is 11.3 Å². The van der Waals surface area contributed by atoms with E-state index in [0.717, 1.165) is 25.1 Å². The van der Waals surface area contributed by atoms with Crippen LogP contribution < -0.4 is 11.2 Å². The molecule has 31 heavy (non-hydrogen) atoms. The third-order valence-corrected chi connectivity index (χ3v) is 4.82. The number of alkyl halides is 3. The average Bonchev–Trinajstić information content (AvgIpc) is 3.30. The van der Waals surface area contributed by atoms with Crippen molar-refractivity contribution in [2.75, 3.05) is 0 Å². The molecule has 0 aliphatic rings. The Hall–Kier alpha value is -3.70. The molecule has 0 aliphatic carbocycles. The van der Waals surface area contributed by atoms with E-state index in [0.29, 0.717) is 29.2 Å². The number of hydrogen-bond donors (Lipinski definition) is 3. The number of H-pyrrole nitrogens is 3. The van der Waals surface area contributed by atoms with Gasteiger partial charge in [-0.25, -0.2) is 9.78 Å². The normalized spacial score (nSPS) is 12.0. The second-order valence-electron chi connectivity index (χ2n) is 7.02. The van der Waals surface area contributed by atoms with Crippen LogP contribution in [0.1, 0.15) is 36.7 Å². The van der Waals surface area contributed by atoms with E-state index in [1.165, 1.54) is 6.07 Å². The van der Waals surface area contributed by atoms with Crippen molar-refractivity contribution in [2.24, 2.45) is 0 Å². The fraction of sp³-hybridized carbons (Fsp3) is 0.316. The number of halogens is 3. The standard InChI is InChI=1S/C19H18F3N7O2/c1-2-3-6-29-14-15(26-18(31)27-17(14)30)25-16(29)11-9-24-28-12(11)7-10-4-5-13(23-8-10)19(20,21)22/h4-5,8-9H,2-3,6-7H2,1H3,(H,24,28)(H2,26,27,30,31). The van der Waals surface area contributed by atoms with Crippen molar-refractivity contribution in [2.45, 2.75) is 38.9 Å². The fourth-order valence-electron chi connectivity index (χ4n) is 3.35. The number of aromatic amines is 3. The van der Waals surface area contributed by atoms with Crippen molar-refractivity contribution in [3.05, 3.63) is 62.3 Å². The average molecular weight is 433 g/mol. The predicted molar refractivity (Wildman–Crippen MR) is 106 cm³/mol.